The summed E-state index contributed by atoms with van der Waals surface area (Å²) in [6.07, 6.45) is 3.92. The van der Waals surface area contributed by atoms with Crippen molar-refractivity contribution >= 4 is 40.3 Å². The monoisotopic (exact) mass is 495 g/mol. The number of carbonyl (C=O) groups is 1. The lowest BCUT2D eigenvalue weighted by Crippen LogP contribution is -2.30. The minimum absolute atomic E-state index is 0.0734. The molecule has 3 aromatic carbocycles. The number of thiocarbonyl (C=S) groups is 1. The van der Waals surface area contributed by atoms with Crippen molar-refractivity contribution in [2.75, 3.05) is 0 Å². The molecule has 1 aromatic heterocycles. The second kappa shape index (κ2) is 9.64. The molecule has 4 nitrogen and oxygen atoms in total. The van der Waals surface area contributed by atoms with Crippen molar-refractivity contribution in [3.8, 4) is 16.9 Å². The molecule has 174 valence electrons. The van der Waals surface area contributed by atoms with Crippen LogP contribution in [-0.2, 0) is 4.79 Å². The van der Waals surface area contributed by atoms with Crippen molar-refractivity contribution in [3.63, 3.8) is 0 Å². The smallest absolute Gasteiger partial charge is 0.266 e. The van der Waals surface area contributed by atoms with Crippen LogP contribution in [0.3, 0.4) is 0 Å². The van der Waals surface area contributed by atoms with Crippen molar-refractivity contribution in [1.29, 1.82) is 0 Å². The number of hydrogen-bond donors (Lipinski definition) is 0. The first-order valence-corrected chi connectivity index (χ1v) is 12.7. The Balaban J connectivity index is 1.58. The maximum atomic E-state index is 13.5. The van der Waals surface area contributed by atoms with E-state index in [0.29, 0.717) is 9.23 Å². The number of nitrogens with zero attached hydrogens (tertiary/aromatic N) is 3. The highest BCUT2D eigenvalue weighted by Crippen LogP contribution is 2.39. The van der Waals surface area contributed by atoms with Gasteiger partial charge >= 0.3 is 0 Å². The summed E-state index contributed by atoms with van der Waals surface area (Å²) in [5, 5.41) is 4.95. The largest absolute Gasteiger partial charge is 0.286 e. The maximum Gasteiger partial charge on any atom is 0.266 e. The van der Waals surface area contributed by atoms with E-state index in [-0.39, 0.29) is 11.9 Å². The Kier molecular flexibility index (Phi) is 6.41. The Morgan fingerprint density at radius 3 is 2.37 bits per heavy atom. The molecule has 5 rings (SSSR count). The summed E-state index contributed by atoms with van der Waals surface area (Å²) in [4.78, 5) is 15.8. The normalized spacial score (nSPS) is 15.7. The lowest BCUT2D eigenvalue weighted by molar-refractivity contribution is -0.123. The van der Waals surface area contributed by atoms with Gasteiger partial charge in [0.25, 0.3) is 5.91 Å². The summed E-state index contributed by atoms with van der Waals surface area (Å²) < 4.78 is 2.44. The second-order valence-electron chi connectivity index (χ2n) is 8.67. The van der Waals surface area contributed by atoms with Crippen LogP contribution in [0.5, 0.6) is 0 Å². The summed E-state index contributed by atoms with van der Waals surface area (Å²) in [7, 11) is 0. The summed E-state index contributed by atoms with van der Waals surface area (Å²) >= 11 is 6.99. The number of para-hydroxylation sites is 1. The van der Waals surface area contributed by atoms with Gasteiger partial charge in [-0.1, -0.05) is 90.2 Å². The van der Waals surface area contributed by atoms with Gasteiger partial charge in [0, 0.05) is 17.3 Å². The topological polar surface area (TPSA) is 38.1 Å². The summed E-state index contributed by atoms with van der Waals surface area (Å²) in [5.74, 6) is -0.0734. The molecule has 35 heavy (non-hydrogen) atoms. The van der Waals surface area contributed by atoms with Crippen molar-refractivity contribution in [1.82, 2.24) is 14.7 Å². The number of rotatable bonds is 5. The minimum Gasteiger partial charge on any atom is -0.286 e. The van der Waals surface area contributed by atoms with Crippen LogP contribution in [0, 0.1) is 13.8 Å². The van der Waals surface area contributed by atoms with Crippen LogP contribution < -0.4 is 0 Å². The van der Waals surface area contributed by atoms with Crippen LogP contribution in [0.1, 0.15) is 35.2 Å². The van der Waals surface area contributed by atoms with E-state index in [9.17, 15) is 4.79 Å². The van der Waals surface area contributed by atoms with E-state index in [1.807, 2.05) is 84.5 Å². The fraction of sp³-hybridized carbons (Fsp3) is 0.138. The zero-order valence-corrected chi connectivity index (χ0v) is 21.4. The Morgan fingerprint density at radius 2 is 1.66 bits per heavy atom. The Morgan fingerprint density at radius 1 is 0.971 bits per heavy atom. The molecule has 0 N–H and O–H groups in total. The lowest BCUT2D eigenvalue weighted by Gasteiger charge is -2.23. The average molecular weight is 496 g/mol. The number of aryl methyl sites for hydroxylation is 2. The van der Waals surface area contributed by atoms with E-state index < -0.39 is 0 Å². The third-order valence-corrected chi connectivity index (χ3v) is 7.52. The van der Waals surface area contributed by atoms with Crippen LogP contribution in [0.2, 0.25) is 0 Å². The summed E-state index contributed by atoms with van der Waals surface area (Å²) in [6.45, 7) is 6.17. The fourth-order valence-electron chi connectivity index (χ4n) is 4.24. The van der Waals surface area contributed by atoms with Crippen molar-refractivity contribution < 1.29 is 4.79 Å². The van der Waals surface area contributed by atoms with Crippen LogP contribution in [-0.4, -0.2) is 24.9 Å². The summed E-state index contributed by atoms with van der Waals surface area (Å²) in [5.41, 5.74) is 7.09. The van der Waals surface area contributed by atoms with E-state index >= 15 is 0 Å². The third kappa shape index (κ3) is 4.59. The highest BCUT2D eigenvalue weighted by molar-refractivity contribution is 8.26. The molecule has 6 heteroatoms. The maximum absolute atomic E-state index is 13.5. The molecule has 0 spiro atoms. The fourth-order valence-corrected chi connectivity index (χ4v) is 5.65. The molecule has 1 aliphatic rings. The zero-order chi connectivity index (χ0) is 24.5. The average Bonchev–Trinajstić information content (AvgIpc) is 3.41. The van der Waals surface area contributed by atoms with Gasteiger partial charge in [0.05, 0.1) is 16.6 Å². The third-order valence-electron chi connectivity index (χ3n) is 6.19. The van der Waals surface area contributed by atoms with E-state index in [4.69, 9.17) is 17.3 Å². The molecule has 4 aromatic rings. The van der Waals surface area contributed by atoms with Crippen LogP contribution >= 0.6 is 24.0 Å². The Bertz CT molecular complexity index is 1440. The van der Waals surface area contributed by atoms with E-state index in [1.165, 1.54) is 11.8 Å². The van der Waals surface area contributed by atoms with E-state index in [2.05, 4.69) is 32.0 Å². The van der Waals surface area contributed by atoms with Gasteiger partial charge in [0.2, 0.25) is 0 Å². The van der Waals surface area contributed by atoms with Gasteiger partial charge in [0.1, 0.15) is 10.0 Å². The second-order valence-corrected chi connectivity index (χ2v) is 10.3. The number of carbonyl (C=O) groups excluding carboxylic acids is 1. The number of benzene rings is 3. The first kappa shape index (κ1) is 23.3. The molecular weight excluding hydrogens is 470 g/mol. The number of aromatic nitrogens is 2. The quantitative estimate of drug-likeness (QED) is 0.218. The first-order valence-electron chi connectivity index (χ1n) is 11.5. The van der Waals surface area contributed by atoms with Gasteiger partial charge in [-0.2, -0.15) is 5.10 Å². The minimum atomic E-state index is -0.139. The highest BCUT2D eigenvalue weighted by Gasteiger charge is 2.36. The molecule has 0 radical (unpaired) electrons. The molecule has 0 unspecified atom stereocenters. The number of thioether (sulfide) groups is 1. The molecule has 1 fully saturated rings. The highest BCUT2D eigenvalue weighted by atomic mass is 32.2. The van der Waals surface area contributed by atoms with Crippen LogP contribution in [0.4, 0.5) is 0 Å². The predicted molar refractivity (Wildman–Crippen MR) is 148 cm³/mol. The van der Waals surface area contributed by atoms with Gasteiger partial charge in [-0.3, -0.25) is 9.69 Å². The van der Waals surface area contributed by atoms with Crippen molar-refractivity contribution in [3.05, 3.63) is 112 Å². The van der Waals surface area contributed by atoms with Gasteiger partial charge < -0.3 is 0 Å². The van der Waals surface area contributed by atoms with Gasteiger partial charge in [-0.25, -0.2) is 4.68 Å². The predicted octanol–water partition coefficient (Wildman–Crippen LogP) is 7.12. The van der Waals surface area contributed by atoms with Crippen molar-refractivity contribution in [2.24, 2.45) is 0 Å². The number of hydrogen-bond acceptors (Lipinski definition) is 4. The Hall–Kier alpha value is -3.48. The molecule has 0 saturated carbocycles. The van der Waals surface area contributed by atoms with Gasteiger partial charge in [-0.05, 0) is 56.2 Å². The zero-order valence-electron chi connectivity index (χ0n) is 19.8. The van der Waals surface area contributed by atoms with E-state index in [1.54, 1.807) is 4.90 Å². The molecular formula is C29H25N3OS2. The van der Waals surface area contributed by atoms with E-state index in [0.717, 1.165) is 39.2 Å². The molecule has 0 aliphatic carbocycles. The molecule has 1 amide bonds. The standard InChI is InChI=1S/C29H25N3OS2/c1-19-14-15-20(2)25(16-19)27-23(18-31(30-27)24-12-8-5-9-13-24)17-26-28(33)32(29(34)35-26)21(3)22-10-6-4-7-11-22/h4-18,21H,1-3H3/b26-17-/t21-/m1/s1. The van der Waals surface area contributed by atoms with Gasteiger partial charge in [-0.15, -0.1) is 0 Å². The van der Waals surface area contributed by atoms with Crippen molar-refractivity contribution in [2.45, 2.75) is 26.8 Å². The van der Waals surface area contributed by atoms with Crippen LogP contribution in [0.25, 0.3) is 23.0 Å². The lowest BCUT2D eigenvalue weighted by atomic mass is 10.00. The molecule has 1 atom stereocenters. The summed E-state index contributed by atoms with van der Waals surface area (Å²) in [6, 6.07) is 26.2. The first-order chi connectivity index (χ1) is 16.9. The van der Waals surface area contributed by atoms with Gasteiger partial charge in [0.15, 0.2) is 0 Å². The molecule has 1 saturated heterocycles. The molecule has 1 aliphatic heterocycles. The number of amides is 1. The Labute approximate surface area is 215 Å². The van der Waals surface area contributed by atoms with Crippen LogP contribution in [0.15, 0.2) is 90.0 Å². The molecule has 2 heterocycles. The SMILES string of the molecule is Cc1ccc(C)c(-c2nn(-c3ccccc3)cc2/C=C2\SC(=S)N([C@H](C)c3ccccc3)C2=O)c1. The molecule has 0 bridgehead atoms.